The zero-order valence-corrected chi connectivity index (χ0v) is 19.8. The van der Waals surface area contributed by atoms with Gasteiger partial charge in [0, 0.05) is 32.8 Å². The van der Waals surface area contributed by atoms with Crippen LogP contribution in [-0.2, 0) is 4.79 Å². The lowest BCUT2D eigenvalue weighted by Crippen LogP contribution is -2.06. The van der Waals surface area contributed by atoms with Crippen LogP contribution in [0.1, 0.15) is 27.0 Å². The Balaban J connectivity index is 1.78. The fourth-order valence-electron chi connectivity index (χ4n) is 3.83. The summed E-state index contributed by atoms with van der Waals surface area (Å²) < 4.78 is 21.5. The number of anilines is 1. The van der Waals surface area contributed by atoms with E-state index >= 15 is 0 Å². The topological polar surface area (TPSA) is 83.1 Å². The van der Waals surface area contributed by atoms with Crippen molar-refractivity contribution in [2.75, 3.05) is 33.8 Å². The number of nitrogens with one attached hydrogen (secondary N) is 1. The normalized spacial score (nSPS) is 13.3. The van der Waals surface area contributed by atoms with E-state index in [1.54, 1.807) is 54.6 Å². The number of benzene rings is 3. The van der Waals surface area contributed by atoms with Crippen LogP contribution in [-0.4, -0.2) is 40.1 Å². The number of methoxy groups -OCH3 is 4. The highest BCUT2D eigenvalue weighted by molar-refractivity contribution is 6.36. The number of carbonyl (C=O) groups is 2. The third-order valence-corrected chi connectivity index (χ3v) is 5.72. The number of ketones is 1. The van der Waals surface area contributed by atoms with Crippen molar-refractivity contribution in [1.82, 2.24) is 0 Å². The van der Waals surface area contributed by atoms with Crippen molar-refractivity contribution < 1.29 is 28.5 Å². The van der Waals surface area contributed by atoms with Gasteiger partial charge in [-0.25, -0.2) is 0 Å². The molecule has 1 amide bonds. The van der Waals surface area contributed by atoms with Gasteiger partial charge < -0.3 is 24.3 Å². The lowest BCUT2D eigenvalue weighted by molar-refractivity contribution is -0.110. The van der Waals surface area contributed by atoms with Crippen LogP contribution in [0.5, 0.6) is 23.0 Å². The van der Waals surface area contributed by atoms with Crippen molar-refractivity contribution in [3.8, 4) is 23.0 Å². The quantitative estimate of drug-likeness (QED) is 0.375. The third kappa shape index (κ3) is 4.18. The molecule has 174 valence electrons. The summed E-state index contributed by atoms with van der Waals surface area (Å²) >= 11 is 6.05. The molecule has 0 atom stereocenters. The smallest absolute Gasteiger partial charge is 0.256 e. The highest BCUT2D eigenvalue weighted by Crippen LogP contribution is 2.39. The minimum absolute atomic E-state index is 0.260. The molecule has 1 aliphatic rings. The number of hydrogen-bond donors (Lipinski definition) is 1. The van der Waals surface area contributed by atoms with Crippen LogP contribution in [0.4, 0.5) is 5.69 Å². The number of rotatable bonds is 7. The molecule has 0 saturated heterocycles. The molecule has 7 nitrogen and oxygen atoms in total. The Morgan fingerprint density at radius 2 is 1.50 bits per heavy atom. The van der Waals surface area contributed by atoms with Gasteiger partial charge in [0.25, 0.3) is 5.91 Å². The molecular formula is C26H22ClNO6. The first kappa shape index (κ1) is 23.2. The number of carbonyl (C=O) groups excluding carboxylic acids is 2. The van der Waals surface area contributed by atoms with Gasteiger partial charge in [-0.05, 0) is 48.5 Å². The van der Waals surface area contributed by atoms with Gasteiger partial charge in [-0.15, -0.1) is 0 Å². The Hall–Kier alpha value is -3.97. The largest absolute Gasteiger partial charge is 0.496 e. The second-order valence-corrected chi connectivity index (χ2v) is 7.84. The van der Waals surface area contributed by atoms with Crippen molar-refractivity contribution in [3.05, 3.63) is 75.8 Å². The van der Waals surface area contributed by atoms with E-state index in [0.717, 1.165) is 5.56 Å². The fourth-order valence-corrected chi connectivity index (χ4v) is 4.00. The molecule has 1 aliphatic heterocycles. The van der Waals surface area contributed by atoms with Crippen LogP contribution < -0.4 is 24.3 Å². The maximum absolute atomic E-state index is 13.4. The number of halogens is 1. The van der Waals surface area contributed by atoms with Gasteiger partial charge in [0.05, 0.1) is 34.1 Å². The summed E-state index contributed by atoms with van der Waals surface area (Å²) in [6.07, 6.45) is 1.69. The molecule has 4 rings (SSSR count). The van der Waals surface area contributed by atoms with E-state index in [4.69, 9.17) is 30.5 Å². The zero-order valence-electron chi connectivity index (χ0n) is 19.0. The maximum Gasteiger partial charge on any atom is 0.256 e. The van der Waals surface area contributed by atoms with Crippen LogP contribution >= 0.6 is 11.6 Å². The second kappa shape index (κ2) is 9.49. The van der Waals surface area contributed by atoms with E-state index in [9.17, 15) is 9.59 Å². The van der Waals surface area contributed by atoms with E-state index in [-0.39, 0.29) is 11.7 Å². The SMILES string of the molecule is COc1ccc(C(=O)c2cc(OC)c(OC)c(OC)c2)cc1/C=C1/C(=O)Nc2cc(Cl)ccc21. The molecule has 8 heteroatoms. The van der Waals surface area contributed by atoms with Gasteiger partial charge in [-0.2, -0.15) is 0 Å². The number of amides is 1. The summed E-state index contributed by atoms with van der Waals surface area (Å²) in [5, 5.41) is 3.33. The minimum atomic E-state index is -0.263. The van der Waals surface area contributed by atoms with E-state index in [0.29, 0.717) is 56.0 Å². The Kier molecular flexibility index (Phi) is 6.47. The van der Waals surface area contributed by atoms with Gasteiger partial charge in [0.1, 0.15) is 5.75 Å². The van der Waals surface area contributed by atoms with Crippen molar-refractivity contribution in [2.24, 2.45) is 0 Å². The minimum Gasteiger partial charge on any atom is -0.496 e. The van der Waals surface area contributed by atoms with Gasteiger partial charge >= 0.3 is 0 Å². The molecule has 1 heterocycles. The standard InChI is InChI=1S/C26H22ClNO6/c1-31-21-8-5-14(24(29)16-11-22(32-2)25(34-4)23(12-16)33-3)9-15(21)10-19-18-7-6-17(27)13-20(18)28-26(19)30/h5-13H,1-4H3,(H,28,30)/b19-10+. The molecule has 3 aromatic carbocycles. The molecule has 3 aromatic rings. The van der Waals surface area contributed by atoms with E-state index in [2.05, 4.69) is 5.32 Å². The number of fused-ring (bicyclic) bond motifs is 1. The predicted molar refractivity (Wildman–Crippen MR) is 130 cm³/mol. The van der Waals surface area contributed by atoms with E-state index in [1.165, 1.54) is 28.4 Å². The lowest BCUT2D eigenvalue weighted by atomic mass is 9.98. The molecule has 0 spiro atoms. The molecule has 0 radical (unpaired) electrons. The first-order valence-electron chi connectivity index (χ1n) is 10.3. The summed E-state index contributed by atoms with van der Waals surface area (Å²) in [5.74, 6) is 1.14. The van der Waals surface area contributed by atoms with Crippen LogP contribution in [0.25, 0.3) is 11.6 Å². The molecule has 1 N–H and O–H groups in total. The van der Waals surface area contributed by atoms with Gasteiger partial charge in [-0.1, -0.05) is 17.7 Å². The molecule has 0 unspecified atom stereocenters. The molecule has 0 bridgehead atoms. The summed E-state index contributed by atoms with van der Waals surface area (Å²) in [7, 11) is 6.00. The average molecular weight is 480 g/mol. The lowest BCUT2D eigenvalue weighted by Gasteiger charge is -2.14. The van der Waals surface area contributed by atoms with E-state index < -0.39 is 0 Å². The van der Waals surface area contributed by atoms with Crippen LogP contribution in [0.2, 0.25) is 5.02 Å². The summed E-state index contributed by atoms with van der Waals surface area (Å²) in [5.41, 5.74) is 3.13. The van der Waals surface area contributed by atoms with Crippen molar-refractivity contribution in [1.29, 1.82) is 0 Å². The highest BCUT2D eigenvalue weighted by atomic mass is 35.5. The van der Waals surface area contributed by atoms with Crippen LogP contribution in [0, 0.1) is 0 Å². The summed E-state index contributed by atoms with van der Waals surface area (Å²) in [6.45, 7) is 0. The third-order valence-electron chi connectivity index (χ3n) is 5.48. The van der Waals surface area contributed by atoms with Crippen molar-refractivity contribution in [2.45, 2.75) is 0 Å². The molecule has 0 aromatic heterocycles. The zero-order chi connectivity index (χ0) is 24.4. The van der Waals surface area contributed by atoms with Crippen molar-refractivity contribution in [3.63, 3.8) is 0 Å². The summed E-state index contributed by atoms with van der Waals surface area (Å²) in [4.78, 5) is 26.0. The first-order valence-corrected chi connectivity index (χ1v) is 10.6. The fraction of sp³-hybridized carbons (Fsp3) is 0.154. The number of ether oxygens (including phenoxy) is 4. The average Bonchev–Trinajstić information content (AvgIpc) is 3.16. The predicted octanol–water partition coefficient (Wildman–Crippen LogP) is 5.10. The highest BCUT2D eigenvalue weighted by Gasteiger charge is 2.25. The Morgan fingerprint density at radius 1 is 0.824 bits per heavy atom. The molecule has 0 saturated carbocycles. The summed E-state index contributed by atoms with van der Waals surface area (Å²) in [6, 6.07) is 13.4. The first-order chi connectivity index (χ1) is 16.4. The van der Waals surface area contributed by atoms with Gasteiger partial charge in [0.2, 0.25) is 5.75 Å². The molecular weight excluding hydrogens is 458 g/mol. The van der Waals surface area contributed by atoms with E-state index in [1.807, 2.05) is 0 Å². The van der Waals surface area contributed by atoms with Gasteiger partial charge in [-0.3, -0.25) is 9.59 Å². The number of hydrogen-bond acceptors (Lipinski definition) is 6. The monoisotopic (exact) mass is 479 g/mol. The molecule has 0 aliphatic carbocycles. The molecule has 0 fully saturated rings. The Bertz CT molecular complexity index is 1310. The Labute approximate surface area is 201 Å². The van der Waals surface area contributed by atoms with Crippen LogP contribution in [0.15, 0.2) is 48.5 Å². The second-order valence-electron chi connectivity index (χ2n) is 7.40. The Morgan fingerprint density at radius 3 is 2.12 bits per heavy atom. The molecule has 34 heavy (non-hydrogen) atoms. The maximum atomic E-state index is 13.4. The van der Waals surface area contributed by atoms with Crippen molar-refractivity contribution >= 4 is 40.6 Å². The van der Waals surface area contributed by atoms with Crippen LogP contribution in [0.3, 0.4) is 0 Å². The van der Waals surface area contributed by atoms with Gasteiger partial charge in [0.15, 0.2) is 17.3 Å².